The fourth-order valence-corrected chi connectivity index (χ4v) is 4.59. The fraction of sp³-hybridized carbons (Fsp3) is 0.179. The summed E-state index contributed by atoms with van der Waals surface area (Å²) in [6.45, 7) is 5.39. The van der Waals surface area contributed by atoms with Crippen molar-refractivity contribution in [3.05, 3.63) is 84.5 Å². The summed E-state index contributed by atoms with van der Waals surface area (Å²) in [6, 6.07) is 19.3. The van der Waals surface area contributed by atoms with Crippen LogP contribution in [0.2, 0.25) is 5.02 Å². The lowest BCUT2D eigenvalue weighted by Gasteiger charge is -2.39. The number of nitrogens with zero attached hydrogens (tertiary/aromatic N) is 3. The molecule has 0 bridgehead atoms. The Kier molecular flexibility index (Phi) is 7.30. The van der Waals surface area contributed by atoms with Crippen molar-refractivity contribution in [1.82, 2.24) is 14.9 Å². The van der Waals surface area contributed by atoms with Crippen molar-refractivity contribution in [3.63, 3.8) is 0 Å². The molecule has 37 heavy (non-hydrogen) atoms. The van der Waals surface area contributed by atoms with Gasteiger partial charge < -0.3 is 16.0 Å². The molecule has 1 aromatic heterocycles. The molecule has 0 saturated carbocycles. The number of halogens is 2. The van der Waals surface area contributed by atoms with E-state index in [9.17, 15) is 9.18 Å². The maximum absolute atomic E-state index is 12.4. The Morgan fingerprint density at radius 1 is 1.11 bits per heavy atom. The molecule has 9 heteroatoms. The van der Waals surface area contributed by atoms with Crippen molar-refractivity contribution in [3.8, 4) is 11.1 Å². The van der Waals surface area contributed by atoms with Gasteiger partial charge in [-0.1, -0.05) is 30.3 Å². The van der Waals surface area contributed by atoms with E-state index in [4.69, 9.17) is 16.6 Å². The van der Waals surface area contributed by atoms with Crippen molar-refractivity contribution in [2.24, 2.45) is 0 Å². The summed E-state index contributed by atoms with van der Waals surface area (Å²) in [4.78, 5) is 23.1. The van der Waals surface area contributed by atoms with Crippen LogP contribution in [0, 0.1) is 0 Å². The van der Waals surface area contributed by atoms with Gasteiger partial charge in [-0.2, -0.15) is 0 Å². The topological polar surface area (TPSA) is 82.2 Å². The molecule has 7 nitrogen and oxygen atoms in total. The molecule has 0 aliphatic carbocycles. The van der Waals surface area contributed by atoms with Gasteiger partial charge in [-0.25, -0.2) is 14.4 Å². The zero-order valence-electron chi connectivity index (χ0n) is 20.0. The SMILES string of the molecule is C=CC(=O)Nc1cccc(-c2c(Cl)ccc3cnc(Nc4ccc(NC5CN(CCF)C5)cc4)nc23)c1. The standard InChI is InChI=1S/C28H26ClFN6O/c1-2-25(37)33-22-5-3-4-18(14-22)26-24(29)11-6-19-15-31-28(35-27(19)26)34-21-9-7-20(8-10-21)32-23-16-36(17-23)13-12-30/h2-11,14-15,23,32H,1,12-13,16-17H2,(H,33,37)(H,31,34,35). The van der Waals surface area contributed by atoms with Crippen LogP contribution in [-0.2, 0) is 4.79 Å². The summed E-state index contributed by atoms with van der Waals surface area (Å²) in [5, 5.41) is 10.9. The molecular weight excluding hydrogens is 491 g/mol. The van der Waals surface area contributed by atoms with E-state index in [1.165, 1.54) is 6.08 Å². The van der Waals surface area contributed by atoms with Gasteiger partial charge >= 0.3 is 0 Å². The van der Waals surface area contributed by atoms with E-state index < -0.39 is 0 Å². The number of anilines is 4. The molecule has 1 fully saturated rings. The van der Waals surface area contributed by atoms with Crippen LogP contribution in [0.15, 0.2) is 79.5 Å². The monoisotopic (exact) mass is 516 g/mol. The second-order valence-electron chi connectivity index (χ2n) is 8.82. The van der Waals surface area contributed by atoms with Crippen LogP contribution in [0.5, 0.6) is 0 Å². The zero-order chi connectivity index (χ0) is 25.8. The largest absolute Gasteiger partial charge is 0.380 e. The van der Waals surface area contributed by atoms with Gasteiger partial charge in [-0.3, -0.25) is 9.69 Å². The van der Waals surface area contributed by atoms with Crippen LogP contribution in [-0.4, -0.2) is 53.1 Å². The van der Waals surface area contributed by atoms with Gasteiger partial charge in [-0.15, -0.1) is 0 Å². The average molecular weight is 517 g/mol. The molecule has 0 spiro atoms. The van der Waals surface area contributed by atoms with Crippen LogP contribution < -0.4 is 16.0 Å². The number of carbonyl (C=O) groups excluding carboxylic acids is 1. The maximum Gasteiger partial charge on any atom is 0.247 e. The first-order chi connectivity index (χ1) is 18.0. The van der Waals surface area contributed by atoms with E-state index in [-0.39, 0.29) is 12.6 Å². The summed E-state index contributed by atoms with van der Waals surface area (Å²) in [5.41, 5.74) is 4.74. The van der Waals surface area contributed by atoms with Crippen molar-refractivity contribution < 1.29 is 9.18 Å². The van der Waals surface area contributed by atoms with E-state index >= 15 is 0 Å². The first-order valence-electron chi connectivity index (χ1n) is 11.9. The van der Waals surface area contributed by atoms with Gasteiger partial charge in [0.15, 0.2) is 0 Å². The molecule has 1 saturated heterocycles. The lowest BCUT2D eigenvalue weighted by molar-refractivity contribution is -0.111. The lowest BCUT2D eigenvalue weighted by Crippen LogP contribution is -2.55. The summed E-state index contributed by atoms with van der Waals surface area (Å²) >= 11 is 6.62. The predicted molar refractivity (Wildman–Crippen MR) is 148 cm³/mol. The highest BCUT2D eigenvalue weighted by molar-refractivity contribution is 6.35. The lowest BCUT2D eigenvalue weighted by atomic mass is 10.0. The highest BCUT2D eigenvalue weighted by Crippen LogP contribution is 2.35. The first kappa shape index (κ1) is 24.7. The number of amides is 1. The van der Waals surface area contributed by atoms with Gasteiger partial charge in [0.1, 0.15) is 6.67 Å². The fourth-order valence-electron chi connectivity index (χ4n) is 4.33. The molecular formula is C28H26ClFN6O. The molecule has 1 amide bonds. The number of nitrogens with one attached hydrogen (secondary N) is 3. The highest BCUT2D eigenvalue weighted by Gasteiger charge is 2.25. The molecule has 0 atom stereocenters. The van der Waals surface area contributed by atoms with Crippen LogP contribution in [0.3, 0.4) is 0 Å². The number of hydrogen-bond donors (Lipinski definition) is 3. The third kappa shape index (κ3) is 5.71. The van der Waals surface area contributed by atoms with Gasteiger partial charge in [0, 0.05) is 53.8 Å². The Labute approximate surface area is 219 Å². The molecule has 3 aromatic carbocycles. The number of rotatable bonds is 9. The Hall–Kier alpha value is -4.01. The third-order valence-electron chi connectivity index (χ3n) is 6.18. The average Bonchev–Trinajstić information content (AvgIpc) is 2.88. The Balaban J connectivity index is 1.36. The number of carbonyl (C=O) groups is 1. The number of likely N-dealkylation sites (tertiary alicyclic amines) is 1. The Bertz CT molecular complexity index is 1440. The molecule has 1 aliphatic rings. The van der Waals surface area contributed by atoms with Gasteiger partial charge in [0.2, 0.25) is 11.9 Å². The quantitative estimate of drug-likeness (QED) is 0.241. The van der Waals surface area contributed by atoms with E-state index in [2.05, 4.69) is 32.4 Å². The number of hydrogen-bond acceptors (Lipinski definition) is 6. The summed E-state index contributed by atoms with van der Waals surface area (Å²) in [6.07, 6.45) is 2.98. The summed E-state index contributed by atoms with van der Waals surface area (Å²) in [7, 11) is 0. The molecule has 2 heterocycles. The number of fused-ring (bicyclic) bond motifs is 1. The number of alkyl halides is 1. The van der Waals surface area contributed by atoms with Crippen LogP contribution in [0.1, 0.15) is 0 Å². The van der Waals surface area contributed by atoms with Gasteiger partial charge in [-0.05, 0) is 60.2 Å². The van der Waals surface area contributed by atoms with Crippen LogP contribution in [0.25, 0.3) is 22.0 Å². The van der Waals surface area contributed by atoms with Crippen molar-refractivity contribution in [1.29, 1.82) is 0 Å². The van der Waals surface area contributed by atoms with E-state index in [0.29, 0.717) is 34.8 Å². The molecule has 4 aromatic rings. The van der Waals surface area contributed by atoms with Crippen LogP contribution in [0.4, 0.5) is 27.4 Å². The maximum atomic E-state index is 12.4. The Morgan fingerprint density at radius 2 is 1.89 bits per heavy atom. The molecule has 1 aliphatic heterocycles. The molecule has 0 radical (unpaired) electrons. The van der Waals surface area contributed by atoms with E-state index in [1.807, 2.05) is 54.6 Å². The molecule has 0 unspecified atom stereocenters. The third-order valence-corrected chi connectivity index (χ3v) is 6.49. The van der Waals surface area contributed by atoms with Crippen LogP contribution >= 0.6 is 11.6 Å². The highest BCUT2D eigenvalue weighted by atomic mass is 35.5. The number of aromatic nitrogens is 2. The van der Waals surface area contributed by atoms with E-state index in [0.717, 1.165) is 41.0 Å². The van der Waals surface area contributed by atoms with E-state index in [1.54, 1.807) is 12.3 Å². The normalized spacial score (nSPS) is 13.7. The molecule has 3 N–H and O–H groups in total. The second-order valence-corrected chi connectivity index (χ2v) is 9.23. The molecule has 188 valence electrons. The second kappa shape index (κ2) is 10.9. The number of benzene rings is 3. The summed E-state index contributed by atoms with van der Waals surface area (Å²) in [5.74, 6) is 0.149. The zero-order valence-corrected chi connectivity index (χ0v) is 20.8. The van der Waals surface area contributed by atoms with Gasteiger partial charge in [0.25, 0.3) is 0 Å². The minimum atomic E-state index is -0.308. The van der Waals surface area contributed by atoms with Crippen molar-refractivity contribution in [2.75, 3.05) is 42.3 Å². The van der Waals surface area contributed by atoms with Gasteiger partial charge in [0.05, 0.1) is 16.6 Å². The van der Waals surface area contributed by atoms with Crippen molar-refractivity contribution >= 4 is 51.4 Å². The molecule has 5 rings (SSSR count). The van der Waals surface area contributed by atoms with Crippen molar-refractivity contribution in [2.45, 2.75) is 6.04 Å². The minimum absolute atomic E-state index is 0.289. The minimum Gasteiger partial charge on any atom is -0.380 e. The first-order valence-corrected chi connectivity index (χ1v) is 12.3. The Morgan fingerprint density at radius 3 is 2.65 bits per heavy atom. The predicted octanol–water partition coefficient (Wildman–Crippen LogP) is 5.88. The summed E-state index contributed by atoms with van der Waals surface area (Å²) < 4.78 is 12.4. The smallest absolute Gasteiger partial charge is 0.247 e.